The van der Waals surface area contributed by atoms with E-state index < -0.39 is 22.1 Å². The Bertz CT molecular complexity index is 1030. The Balaban J connectivity index is 1.89. The molecule has 10 heteroatoms. The van der Waals surface area contributed by atoms with Gasteiger partial charge in [0.25, 0.3) is 0 Å². The number of aliphatic carboxylic acids is 1. The summed E-state index contributed by atoms with van der Waals surface area (Å²) in [6, 6.07) is 6.65. The molecule has 0 amide bonds. The lowest BCUT2D eigenvalue weighted by Crippen LogP contribution is -2.46. The van der Waals surface area contributed by atoms with Crippen LogP contribution in [0, 0.1) is 0 Å². The van der Waals surface area contributed by atoms with Crippen LogP contribution in [-0.4, -0.2) is 60.7 Å². The van der Waals surface area contributed by atoms with E-state index in [1.165, 1.54) is 24.7 Å². The van der Waals surface area contributed by atoms with Crippen molar-refractivity contribution < 1.29 is 23.4 Å². The molecule has 1 heterocycles. The molecule has 0 fully saturated rings. The van der Waals surface area contributed by atoms with Crippen LogP contribution in [0.4, 0.5) is 0 Å². The van der Waals surface area contributed by atoms with Gasteiger partial charge < -0.3 is 15.5 Å². The smallest absolute Gasteiger partial charge is 0.303 e. The second-order valence-electron chi connectivity index (χ2n) is 9.23. The molecule has 0 aliphatic rings. The number of rotatable bonds is 15. The number of hydrogen-bond acceptors (Lipinski definition) is 6. The normalized spacial score (nSPS) is 13.4. The molecule has 190 valence electrons. The predicted octanol–water partition coefficient (Wildman–Crippen LogP) is 4.18. The number of sulfonamides is 1. The fourth-order valence-corrected chi connectivity index (χ4v) is 5.98. The number of likely N-dealkylation sites (N-methyl/N-ethyl adjacent to an activating group) is 1. The van der Waals surface area contributed by atoms with E-state index in [-0.39, 0.29) is 35.0 Å². The molecule has 7 nitrogen and oxygen atoms in total. The average molecular weight is 531 g/mol. The number of nitrogens with one attached hydrogen (secondary N) is 1. The van der Waals surface area contributed by atoms with Crippen LogP contribution in [0.15, 0.2) is 39.9 Å². The minimum atomic E-state index is -3.87. The van der Waals surface area contributed by atoms with Crippen LogP contribution in [0.25, 0.3) is 0 Å². The number of thiophene rings is 1. The summed E-state index contributed by atoms with van der Waals surface area (Å²) < 4.78 is 27.2. The molecule has 0 bridgehead atoms. The van der Waals surface area contributed by atoms with Gasteiger partial charge >= 0.3 is 5.97 Å². The first kappa shape index (κ1) is 28.7. The predicted molar refractivity (Wildman–Crippen MR) is 137 cm³/mol. The molecule has 1 aromatic heterocycles. The second-order valence-corrected chi connectivity index (χ2v) is 12.5. The maximum absolute atomic E-state index is 13.1. The monoisotopic (exact) mass is 530 g/mol. The summed E-state index contributed by atoms with van der Waals surface area (Å²) in [4.78, 5) is 10.8. The maximum Gasteiger partial charge on any atom is 0.303 e. The first-order valence-corrected chi connectivity index (χ1v) is 14.1. The van der Waals surface area contributed by atoms with Gasteiger partial charge in [0.2, 0.25) is 10.0 Å². The third kappa shape index (κ3) is 9.64. The SMILES string of the molecule is CN(C[C@H](O)CNC(C)(C)CCCc1ccsc1)S(=O)(=O)c1cc(Cl)cc(CCCC(=O)O)c1. The largest absolute Gasteiger partial charge is 0.481 e. The first-order valence-electron chi connectivity index (χ1n) is 11.3. The van der Waals surface area contributed by atoms with Crippen molar-refractivity contribution in [2.75, 3.05) is 20.1 Å². The fraction of sp³-hybridized carbons (Fsp3) is 0.542. The Labute approximate surface area is 211 Å². The number of carboxylic acids is 1. The minimum Gasteiger partial charge on any atom is -0.481 e. The Morgan fingerprint density at radius 3 is 2.56 bits per heavy atom. The molecule has 0 unspecified atom stereocenters. The molecule has 0 spiro atoms. The summed E-state index contributed by atoms with van der Waals surface area (Å²) in [6.45, 7) is 4.35. The number of aliphatic hydroxyl groups excluding tert-OH is 1. The highest BCUT2D eigenvalue weighted by Crippen LogP contribution is 2.23. The van der Waals surface area contributed by atoms with Gasteiger partial charge in [0.1, 0.15) is 0 Å². The molecule has 0 aliphatic heterocycles. The van der Waals surface area contributed by atoms with Crippen LogP contribution in [0.1, 0.15) is 50.7 Å². The van der Waals surface area contributed by atoms with Crippen molar-refractivity contribution in [1.29, 1.82) is 0 Å². The van der Waals surface area contributed by atoms with Crippen molar-refractivity contribution >= 4 is 38.9 Å². The van der Waals surface area contributed by atoms with Crippen molar-refractivity contribution in [3.8, 4) is 0 Å². The van der Waals surface area contributed by atoms with Gasteiger partial charge in [0, 0.05) is 37.1 Å². The molecule has 0 saturated heterocycles. The third-order valence-electron chi connectivity index (χ3n) is 5.63. The van der Waals surface area contributed by atoms with Crippen LogP contribution in [-0.2, 0) is 27.7 Å². The number of aliphatic hydroxyl groups is 1. The Morgan fingerprint density at radius 1 is 1.21 bits per heavy atom. The van der Waals surface area contributed by atoms with E-state index in [0.29, 0.717) is 18.4 Å². The van der Waals surface area contributed by atoms with Crippen LogP contribution in [0.5, 0.6) is 0 Å². The van der Waals surface area contributed by atoms with E-state index in [1.807, 2.05) is 0 Å². The average Bonchev–Trinajstić information content (AvgIpc) is 3.25. The van der Waals surface area contributed by atoms with Crippen molar-refractivity contribution in [2.24, 2.45) is 0 Å². The van der Waals surface area contributed by atoms with Gasteiger partial charge in [-0.2, -0.15) is 15.6 Å². The number of hydrogen-bond donors (Lipinski definition) is 3. The zero-order valence-electron chi connectivity index (χ0n) is 20.0. The van der Waals surface area contributed by atoms with E-state index in [1.54, 1.807) is 17.4 Å². The molecule has 34 heavy (non-hydrogen) atoms. The number of aryl methyl sites for hydroxylation is 2. The van der Waals surface area contributed by atoms with Crippen LogP contribution in [0.3, 0.4) is 0 Å². The number of halogens is 1. The van der Waals surface area contributed by atoms with Gasteiger partial charge in [-0.15, -0.1) is 0 Å². The summed E-state index contributed by atoms with van der Waals surface area (Å²) in [6.07, 6.45) is 2.87. The summed E-state index contributed by atoms with van der Waals surface area (Å²) >= 11 is 7.82. The van der Waals surface area contributed by atoms with Crippen molar-refractivity contribution in [2.45, 2.75) is 68.9 Å². The van der Waals surface area contributed by atoms with Gasteiger partial charge in [-0.1, -0.05) is 11.6 Å². The molecule has 0 radical (unpaired) electrons. The molecule has 0 saturated carbocycles. The van der Waals surface area contributed by atoms with Crippen LogP contribution < -0.4 is 5.32 Å². The molecule has 0 aliphatic carbocycles. The zero-order valence-corrected chi connectivity index (χ0v) is 22.3. The van der Waals surface area contributed by atoms with Gasteiger partial charge in [-0.3, -0.25) is 4.79 Å². The topological polar surface area (TPSA) is 107 Å². The third-order valence-corrected chi connectivity index (χ3v) is 8.38. The van der Waals surface area contributed by atoms with E-state index in [9.17, 15) is 18.3 Å². The molecular weight excluding hydrogens is 496 g/mol. The lowest BCUT2D eigenvalue weighted by Gasteiger charge is -2.29. The summed E-state index contributed by atoms with van der Waals surface area (Å²) in [7, 11) is -2.44. The summed E-state index contributed by atoms with van der Waals surface area (Å²) in [5, 5.41) is 27.1. The molecule has 2 aromatic rings. The minimum absolute atomic E-state index is 0.00196. The van der Waals surface area contributed by atoms with Crippen LogP contribution >= 0.6 is 22.9 Å². The number of β-amino-alcohol motifs (C(OH)–C–C–N with tert-alkyl or cyclic N) is 1. The Morgan fingerprint density at radius 2 is 1.91 bits per heavy atom. The summed E-state index contributed by atoms with van der Waals surface area (Å²) in [5.41, 5.74) is 1.80. The van der Waals surface area contributed by atoms with E-state index in [0.717, 1.165) is 23.6 Å². The summed E-state index contributed by atoms with van der Waals surface area (Å²) in [5.74, 6) is -0.900. The van der Waals surface area contributed by atoms with Gasteiger partial charge in [-0.05, 0) is 92.1 Å². The number of nitrogens with zero attached hydrogens (tertiary/aromatic N) is 1. The number of carbonyl (C=O) groups is 1. The highest BCUT2D eigenvalue weighted by Gasteiger charge is 2.25. The van der Waals surface area contributed by atoms with E-state index in [4.69, 9.17) is 16.7 Å². The first-order chi connectivity index (χ1) is 15.9. The second kappa shape index (κ2) is 13.0. The van der Waals surface area contributed by atoms with E-state index >= 15 is 0 Å². The fourth-order valence-electron chi connectivity index (χ4n) is 3.65. The molecule has 3 N–H and O–H groups in total. The number of benzene rings is 1. The highest BCUT2D eigenvalue weighted by molar-refractivity contribution is 7.89. The van der Waals surface area contributed by atoms with Crippen LogP contribution in [0.2, 0.25) is 5.02 Å². The molecular formula is C24H35ClN2O5S2. The maximum atomic E-state index is 13.1. The lowest BCUT2D eigenvalue weighted by atomic mass is 9.96. The Hall–Kier alpha value is -1.49. The van der Waals surface area contributed by atoms with Gasteiger partial charge in [0.15, 0.2) is 0 Å². The number of carboxylic acid groups (broad SMARTS) is 1. The van der Waals surface area contributed by atoms with Gasteiger partial charge in [0.05, 0.1) is 11.0 Å². The molecule has 1 aromatic carbocycles. The van der Waals surface area contributed by atoms with Crippen molar-refractivity contribution in [3.05, 3.63) is 51.2 Å². The zero-order chi connectivity index (χ0) is 25.4. The standard InChI is InChI=1S/C24H35ClN2O5S2/c1-24(2,10-5-7-18-9-11-33-17-18)26-15-21(28)16-27(3)34(31,32)22-13-19(12-20(25)14-22)6-4-8-23(29)30/h9,11-14,17,21,26,28H,4-8,10,15-16H2,1-3H3,(H,29,30)/t21-/m1/s1. The molecule has 2 rings (SSSR count). The van der Waals surface area contributed by atoms with Crippen molar-refractivity contribution in [1.82, 2.24) is 9.62 Å². The quantitative estimate of drug-likeness (QED) is 0.319. The van der Waals surface area contributed by atoms with Crippen molar-refractivity contribution in [3.63, 3.8) is 0 Å². The van der Waals surface area contributed by atoms with Gasteiger partial charge in [-0.25, -0.2) is 8.42 Å². The Kier molecular flexibility index (Phi) is 11.0. The lowest BCUT2D eigenvalue weighted by molar-refractivity contribution is -0.137. The highest BCUT2D eigenvalue weighted by atomic mass is 35.5. The molecule has 1 atom stereocenters. The van der Waals surface area contributed by atoms with E-state index in [2.05, 4.69) is 36.0 Å².